The number of rotatable bonds is 8. The third-order valence-electron chi connectivity index (χ3n) is 5.80. The summed E-state index contributed by atoms with van der Waals surface area (Å²) < 4.78 is 46.5. The minimum Gasteiger partial charge on any atom is -0.497 e. The van der Waals surface area contributed by atoms with Gasteiger partial charge in [-0.25, -0.2) is 9.98 Å². The second kappa shape index (κ2) is 12.7. The molecule has 1 aliphatic heterocycles. The summed E-state index contributed by atoms with van der Waals surface area (Å²) >= 11 is 1.64. The fourth-order valence-corrected chi connectivity index (χ4v) is 4.75. The maximum atomic E-state index is 12.4. The average Bonchev–Trinajstić information content (AvgIpc) is 3.38. The molecule has 0 bridgehead atoms. The minimum absolute atomic E-state index is 0.0914. The van der Waals surface area contributed by atoms with E-state index in [0.717, 1.165) is 34.5 Å². The van der Waals surface area contributed by atoms with Crippen LogP contribution >= 0.6 is 11.8 Å². The van der Waals surface area contributed by atoms with Crippen LogP contribution in [0.25, 0.3) is 0 Å². The van der Waals surface area contributed by atoms with Gasteiger partial charge >= 0.3 is 6.36 Å². The van der Waals surface area contributed by atoms with E-state index < -0.39 is 6.36 Å². The highest BCUT2D eigenvalue weighted by Crippen LogP contribution is 2.31. The number of ether oxygens (including phenoxy) is 2. The zero-order valence-electron chi connectivity index (χ0n) is 21.3. The normalized spacial score (nSPS) is 19.6. The molecule has 204 valence electrons. The lowest BCUT2D eigenvalue weighted by atomic mass is 9.98. The lowest BCUT2D eigenvalue weighted by molar-refractivity contribution is -0.306. The highest BCUT2D eigenvalue weighted by Gasteiger charge is 2.33. The summed E-state index contributed by atoms with van der Waals surface area (Å²) in [5.74, 6) is 1.55. The van der Waals surface area contributed by atoms with Crippen molar-refractivity contribution < 1.29 is 22.6 Å². The molecule has 39 heavy (non-hydrogen) atoms. The fourth-order valence-electron chi connectivity index (χ4n) is 3.83. The fraction of sp³-hybridized carbons (Fsp3) is 0.259. The number of hydrogen-bond donors (Lipinski definition) is 1. The van der Waals surface area contributed by atoms with Crippen LogP contribution in [0.1, 0.15) is 24.5 Å². The number of thioether (sulfide) groups is 1. The first-order valence-electron chi connectivity index (χ1n) is 12.0. The molecule has 4 rings (SSSR count). The van der Waals surface area contributed by atoms with Crippen LogP contribution in [0.3, 0.4) is 0 Å². The van der Waals surface area contributed by atoms with E-state index >= 15 is 0 Å². The van der Waals surface area contributed by atoms with Gasteiger partial charge in [0.2, 0.25) is 0 Å². The summed E-state index contributed by atoms with van der Waals surface area (Å²) in [4.78, 5) is 10.5. The van der Waals surface area contributed by atoms with Crippen LogP contribution in [0, 0.1) is 5.92 Å². The Morgan fingerprint density at radius 2 is 1.95 bits per heavy atom. The first-order chi connectivity index (χ1) is 18.7. The highest BCUT2D eigenvalue weighted by atomic mass is 32.2. The number of methoxy groups -OCH3 is 1. The summed E-state index contributed by atoms with van der Waals surface area (Å²) in [6.45, 7) is 2.60. The molecule has 12 heteroatoms. The van der Waals surface area contributed by atoms with Crippen LogP contribution in [0.15, 0.2) is 92.3 Å². The van der Waals surface area contributed by atoms with E-state index in [2.05, 4.69) is 29.8 Å². The van der Waals surface area contributed by atoms with Crippen molar-refractivity contribution in [2.75, 3.05) is 24.3 Å². The molecule has 0 saturated carbocycles. The Hall–Kier alpha value is -4.06. The van der Waals surface area contributed by atoms with Gasteiger partial charge in [0.25, 0.3) is 0 Å². The van der Waals surface area contributed by atoms with Gasteiger partial charge in [-0.1, -0.05) is 49.0 Å². The Morgan fingerprint density at radius 1 is 1.15 bits per heavy atom. The van der Waals surface area contributed by atoms with Crippen molar-refractivity contribution in [2.24, 2.45) is 31.8 Å². The Balaban J connectivity index is 1.36. The number of hydrogen-bond acceptors (Lipinski definition) is 6. The molecule has 2 aromatic carbocycles. The number of benzene rings is 2. The number of allylic oxidation sites excluding steroid dienone is 4. The Kier molecular flexibility index (Phi) is 9.07. The second-order valence-electron chi connectivity index (χ2n) is 8.59. The van der Waals surface area contributed by atoms with Crippen LogP contribution in [0.4, 0.5) is 18.9 Å². The Labute approximate surface area is 228 Å². The first-order valence-corrected chi connectivity index (χ1v) is 13.0. The molecule has 2 aliphatic rings. The average molecular weight is 557 g/mol. The van der Waals surface area contributed by atoms with Gasteiger partial charge in [0.05, 0.1) is 13.3 Å². The maximum absolute atomic E-state index is 12.4. The molecule has 1 heterocycles. The molecule has 1 fully saturated rings. The highest BCUT2D eigenvalue weighted by molar-refractivity contribution is 8.14. The summed E-state index contributed by atoms with van der Waals surface area (Å²) in [7, 11) is 1.64. The molecule has 0 radical (unpaired) electrons. The van der Waals surface area contributed by atoms with Gasteiger partial charge in [-0.05, 0) is 29.8 Å². The molecule has 8 nitrogen and oxygen atoms in total. The first kappa shape index (κ1) is 28.0. The molecule has 1 atom stereocenters. The summed E-state index contributed by atoms with van der Waals surface area (Å²) in [6, 6.07) is 15.1. The van der Waals surface area contributed by atoms with E-state index in [-0.39, 0.29) is 23.9 Å². The van der Waals surface area contributed by atoms with Gasteiger partial charge in [-0.15, -0.1) is 18.3 Å². The summed E-state index contributed by atoms with van der Waals surface area (Å²) in [5.41, 5.74) is 9.18. The van der Waals surface area contributed by atoms with Crippen LogP contribution in [0.5, 0.6) is 5.75 Å². The molecule has 0 spiro atoms. The Bertz CT molecular complexity index is 1350. The lowest BCUT2D eigenvalue weighted by Crippen LogP contribution is -2.23. The van der Waals surface area contributed by atoms with Gasteiger partial charge in [0.15, 0.2) is 5.17 Å². The van der Waals surface area contributed by atoms with Crippen molar-refractivity contribution in [1.29, 1.82) is 0 Å². The summed E-state index contributed by atoms with van der Waals surface area (Å²) in [6.07, 6.45) is 1.08. The monoisotopic (exact) mass is 556 g/mol. The maximum Gasteiger partial charge on any atom is 0.572 e. The molecule has 1 saturated heterocycles. The van der Waals surface area contributed by atoms with Crippen LogP contribution < -0.4 is 15.4 Å². The minimum atomic E-state index is -4.71. The number of halogens is 3. The van der Waals surface area contributed by atoms with Gasteiger partial charge in [0, 0.05) is 47.7 Å². The molecule has 1 aliphatic carbocycles. The number of anilines is 1. The number of nitrogens with zero attached hydrogens (tertiary/aromatic N) is 5. The van der Waals surface area contributed by atoms with E-state index in [1.807, 2.05) is 36.4 Å². The smallest absolute Gasteiger partial charge is 0.497 e. The third kappa shape index (κ3) is 7.96. The van der Waals surface area contributed by atoms with Crippen LogP contribution in [-0.4, -0.2) is 49.3 Å². The van der Waals surface area contributed by atoms with E-state index in [4.69, 9.17) is 10.5 Å². The van der Waals surface area contributed by atoms with E-state index in [0.29, 0.717) is 11.3 Å². The quantitative estimate of drug-likeness (QED) is 0.255. The summed E-state index contributed by atoms with van der Waals surface area (Å²) in [5, 5.41) is 9.47. The van der Waals surface area contributed by atoms with E-state index in [1.54, 1.807) is 44.1 Å². The molecule has 0 aromatic heterocycles. The van der Waals surface area contributed by atoms with Gasteiger partial charge < -0.3 is 20.1 Å². The Morgan fingerprint density at radius 3 is 2.67 bits per heavy atom. The SMILES string of the molecule is COc1cccc(N2CCS/C2=N\N=C\c2ccc(C(N)=NC=NC3=CC=C(OC(F)(F)F)CC3C)cc2)c1. The van der Waals surface area contributed by atoms with Gasteiger partial charge in [-0.2, -0.15) is 5.10 Å². The molecule has 1 unspecified atom stereocenters. The van der Waals surface area contributed by atoms with E-state index in [9.17, 15) is 13.2 Å². The van der Waals surface area contributed by atoms with Crippen molar-refractivity contribution >= 4 is 41.0 Å². The van der Waals surface area contributed by atoms with Crippen molar-refractivity contribution in [3.05, 3.63) is 83.3 Å². The van der Waals surface area contributed by atoms with Crippen molar-refractivity contribution in [2.45, 2.75) is 19.7 Å². The van der Waals surface area contributed by atoms with Crippen molar-refractivity contribution in [3.8, 4) is 5.75 Å². The van der Waals surface area contributed by atoms with Gasteiger partial charge in [0.1, 0.15) is 23.7 Å². The zero-order valence-corrected chi connectivity index (χ0v) is 22.1. The third-order valence-corrected chi connectivity index (χ3v) is 6.75. The standard InChI is InChI=1S/C27H27F3N6O2S/c1-18-14-23(38-27(28,29)30)10-11-24(18)32-17-33-25(31)20-8-6-19(7-9-20)16-34-35-26-36(12-13-39-26)21-4-3-5-22(15-21)37-2/h3-11,15-18H,12-14H2,1-2H3,(H2,31,32,33)/b34-16+,35-26-. The van der Waals surface area contributed by atoms with Gasteiger partial charge in [-0.3, -0.25) is 0 Å². The molecule has 2 N–H and O–H groups in total. The number of aliphatic imine (C=N–C) groups is 2. The number of nitrogens with two attached hydrogens (primary N) is 1. The predicted octanol–water partition coefficient (Wildman–Crippen LogP) is 5.72. The van der Waals surface area contributed by atoms with Crippen LogP contribution in [0.2, 0.25) is 0 Å². The van der Waals surface area contributed by atoms with E-state index in [1.165, 1.54) is 18.5 Å². The van der Waals surface area contributed by atoms with Crippen molar-refractivity contribution in [3.63, 3.8) is 0 Å². The zero-order chi connectivity index (χ0) is 27.8. The number of amidine groups is 2. The van der Waals surface area contributed by atoms with Crippen LogP contribution in [-0.2, 0) is 4.74 Å². The number of alkyl halides is 3. The predicted molar refractivity (Wildman–Crippen MR) is 151 cm³/mol. The lowest BCUT2D eigenvalue weighted by Gasteiger charge is -2.19. The molecular weight excluding hydrogens is 529 g/mol. The topological polar surface area (TPSA) is 97.2 Å². The molecule has 0 amide bonds. The van der Waals surface area contributed by atoms with Crippen molar-refractivity contribution in [1.82, 2.24) is 0 Å². The molecular formula is C27H27F3N6O2S. The largest absolute Gasteiger partial charge is 0.572 e. The second-order valence-corrected chi connectivity index (χ2v) is 9.65. The molecule has 2 aromatic rings.